The predicted molar refractivity (Wildman–Crippen MR) is 73.0 cm³/mol. The Morgan fingerprint density at radius 3 is 2.44 bits per heavy atom. The summed E-state index contributed by atoms with van der Waals surface area (Å²) in [6.45, 7) is 8.53. The van der Waals surface area contributed by atoms with Crippen LogP contribution < -0.4 is 5.73 Å². The molecule has 0 bridgehead atoms. The summed E-state index contributed by atoms with van der Waals surface area (Å²) in [6.07, 6.45) is 2.50. The molecule has 18 heavy (non-hydrogen) atoms. The molecule has 0 aromatic heterocycles. The van der Waals surface area contributed by atoms with Gasteiger partial charge in [0.25, 0.3) is 0 Å². The first kappa shape index (κ1) is 13.5. The molecule has 2 N–H and O–H groups in total. The SMILES string of the molecule is Cc1cc(F)ccc1C(N)C(C)(C)N1CCCC1. The lowest BCUT2D eigenvalue weighted by Crippen LogP contribution is -2.50. The van der Waals surface area contributed by atoms with Crippen molar-refractivity contribution in [1.29, 1.82) is 0 Å². The van der Waals surface area contributed by atoms with Gasteiger partial charge in [0, 0.05) is 11.6 Å². The molecule has 0 radical (unpaired) electrons. The first-order chi connectivity index (χ1) is 8.43. The maximum Gasteiger partial charge on any atom is 0.123 e. The Morgan fingerprint density at radius 2 is 1.89 bits per heavy atom. The highest BCUT2D eigenvalue weighted by atomic mass is 19.1. The van der Waals surface area contributed by atoms with Crippen LogP contribution in [0.25, 0.3) is 0 Å². The summed E-state index contributed by atoms with van der Waals surface area (Å²) in [6, 6.07) is 4.81. The summed E-state index contributed by atoms with van der Waals surface area (Å²) < 4.78 is 13.2. The third-order valence-corrected chi connectivity index (χ3v) is 4.25. The van der Waals surface area contributed by atoms with E-state index < -0.39 is 0 Å². The van der Waals surface area contributed by atoms with E-state index in [1.165, 1.54) is 18.9 Å². The molecule has 1 heterocycles. The first-order valence-corrected chi connectivity index (χ1v) is 6.69. The molecule has 1 aromatic carbocycles. The average molecular weight is 250 g/mol. The van der Waals surface area contributed by atoms with E-state index in [0.717, 1.165) is 24.2 Å². The zero-order valence-corrected chi connectivity index (χ0v) is 11.5. The molecule has 0 saturated carbocycles. The fourth-order valence-corrected chi connectivity index (χ4v) is 2.86. The quantitative estimate of drug-likeness (QED) is 0.893. The van der Waals surface area contributed by atoms with Crippen LogP contribution >= 0.6 is 0 Å². The van der Waals surface area contributed by atoms with E-state index in [0.29, 0.717) is 0 Å². The Morgan fingerprint density at radius 1 is 1.28 bits per heavy atom. The fourth-order valence-electron chi connectivity index (χ4n) is 2.86. The van der Waals surface area contributed by atoms with Crippen LogP contribution in [0.4, 0.5) is 4.39 Å². The van der Waals surface area contributed by atoms with Crippen molar-refractivity contribution < 1.29 is 4.39 Å². The van der Waals surface area contributed by atoms with Gasteiger partial charge in [0.2, 0.25) is 0 Å². The van der Waals surface area contributed by atoms with Crippen molar-refractivity contribution in [3.05, 3.63) is 35.1 Å². The maximum atomic E-state index is 13.2. The van der Waals surface area contributed by atoms with Crippen LogP contribution in [0.3, 0.4) is 0 Å². The Balaban J connectivity index is 2.26. The minimum Gasteiger partial charge on any atom is -0.322 e. The smallest absolute Gasteiger partial charge is 0.123 e. The molecule has 1 aliphatic heterocycles. The molecule has 1 atom stereocenters. The van der Waals surface area contributed by atoms with Gasteiger partial charge in [-0.3, -0.25) is 4.90 Å². The number of halogens is 1. The molecule has 1 unspecified atom stereocenters. The summed E-state index contributed by atoms with van der Waals surface area (Å²) in [4.78, 5) is 2.44. The lowest BCUT2D eigenvalue weighted by molar-refractivity contribution is 0.124. The molecule has 1 fully saturated rings. The highest BCUT2D eigenvalue weighted by Gasteiger charge is 2.35. The molecule has 1 saturated heterocycles. The summed E-state index contributed by atoms with van der Waals surface area (Å²) in [5.41, 5.74) is 8.34. The maximum absolute atomic E-state index is 13.2. The third kappa shape index (κ3) is 2.43. The Labute approximate surface area is 109 Å². The molecule has 2 rings (SSSR count). The predicted octanol–water partition coefficient (Wildman–Crippen LogP) is 3.01. The van der Waals surface area contributed by atoms with Gasteiger partial charge in [-0.1, -0.05) is 6.07 Å². The molecule has 1 aromatic rings. The van der Waals surface area contributed by atoms with Gasteiger partial charge in [0.05, 0.1) is 0 Å². The van der Waals surface area contributed by atoms with Gasteiger partial charge in [0.1, 0.15) is 5.82 Å². The van der Waals surface area contributed by atoms with Crippen molar-refractivity contribution >= 4 is 0 Å². The standard InChI is InChI=1S/C15H23FN2/c1-11-10-12(16)6-7-13(11)14(17)15(2,3)18-8-4-5-9-18/h6-7,10,14H,4-5,8-9,17H2,1-3H3. The zero-order valence-electron chi connectivity index (χ0n) is 11.5. The number of nitrogens with zero attached hydrogens (tertiary/aromatic N) is 1. The fraction of sp³-hybridized carbons (Fsp3) is 0.600. The number of nitrogens with two attached hydrogens (primary N) is 1. The summed E-state index contributed by atoms with van der Waals surface area (Å²) in [5.74, 6) is -0.192. The van der Waals surface area contributed by atoms with E-state index in [9.17, 15) is 4.39 Å². The van der Waals surface area contributed by atoms with Crippen LogP contribution in [-0.4, -0.2) is 23.5 Å². The summed E-state index contributed by atoms with van der Waals surface area (Å²) >= 11 is 0. The van der Waals surface area contributed by atoms with Crippen LogP contribution in [0.5, 0.6) is 0 Å². The third-order valence-electron chi connectivity index (χ3n) is 4.25. The van der Waals surface area contributed by atoms with Crippen LogP contribution in [0.1, 0.15) is 43.9 Å². The molecular weight excluding hydrogens is 227 g/mol. The van der Waals surface area contributed by atoms with Crippen molar-refractivity contribution in [3.8, 4) is 0 Å². The number of rotatable bonds is 3. The van der Waals surface area contributed by atoms with E-state index in [1.54, 1.807) is 6.07 Å². The van der Waals surface area contributed by atoms with Gasteiger partial charge in [-0.2, -0.15) is 0 Å². The molecule has 0 amide bonds. The molecule has 1 aliphatic rings. The van der Waals surface area contributed by atoms with Crippen LogP contribution in [-0.2, 0) is 0 Å². The molecular formula is C15H23FN2. The second kappa shape index (κ2) is 4.98. The number of benzene rings is 1. The van der Waals surface area contributed by atoms with E-state index >= 15 is 0 Å². The molecule has 0 spiro atoms. The Kier molecular flexibility index (Phi) is 3.74. The number of likely N-dealkylation sites (tertiary alicyclic amines) is 1. The lowest BCUT2D eigenvalue weighted by Gasteiger charge is -2.41. The minimum atomic E-state index is -0.192. The molecule has 2 nitrogen and oxygen atoms in total. The first-order valence-electron chi connectivity index (χ1n) is 6.69. The van der Waals surface area contributed by atoms with E-state index in [2.05, 4.69) is 18.7 Å². The average Bonchev–Trinajstić information content (AvgIpc) is 2.82. The van der Waals surface area contributed by atoms with Gasteiger partial charge < -0.3 is 5.73 Å². The van der Waals surface area contributed by atoms with E-state index in [-0.39, 0.29) is 17.4 Å². The summed E-state index contributed by atoms with van der Waals surface area (Å²) in [5, 5.41) is 0. The van der Waals surface area contributed by atoms with E-state index in [4.69, 9.17) is 5.73 Å². The normalized spacial score (nSPS) is 19.2. The van der Waals surface area contributed by atoms with Crippen molar-refractivity contribution in [2.75, 3.05) is 13.1 Å². The van der Waals surface area contributed by atoms with Gasteiger partial charge in [-0.15, -0.1) is 0 Å². The highest BCUT2D eigenvalue weighted by molar-refractivity contribution is 5.31. The number of hydrogen-bond acceptors (Lipinski definition) is 2. The van der Waals surface area contributed by atoms with Gasteiger partial charge in [-0.05, 0) is 70.0 Å². The second-order valence-electron chi connectivity index (χ2n) is 5.83. The van der Waals surface area contributed by atoms with Crippen LogP contribution in [0, 0.1) is 12.7 Å². The van der Waals surface area contributed by atoms with Crippen molar-refractivity contribution in [3.63, 3.8) is 0 Å². The van der Waals surface area contributed by atoms with Gasteiger partial charge >= 0.3 is 0 Å². The van der Waals surface area contributed by atoms with Crippen molar-refractivity contribution in [1.82, 2.24) is 4.90 Å². The number of aryl methyl sites for hydroxylation is 1. The monoisotopic (exact) mass is 250 g/mol. The lowest BCUT2D eigenvalue weighted by atomic mass is 9.86. The van der Waals surface area contributed by atoms with Crippen LogP contribution in [0.2, 0.25) is 0 Å². The highest BCUT2D eigenvalue weighted by Crippen LogP contribution is 2.33. The van der Waals surface area contributed by atoms with E-state index in [1.807, 2.05) is 13.0 Å². The largest absolute Gasteiger partial charge is 0.322 e. The summed E-state index contributed by atoms with van der Waals surface area (Å²) in [7, 11) is 0. The van der Waals surface area contributed by atoms with Crippen LogP contribution in [0.15, 0.2) is 18.2 Å². The minimum absolute atomic E-state index is 0.0842. The number of hydrogen-bond donors (Lipinski definition) is 1. The zero-order chi connectivity index (χ0) is 13.3. The molecule has 0 aliphatic carbocycles. The molecule has 3 heteroatoms. The topological polar surface area (TPSA) is 29.3 Å². The molecule has 100 valence electrons. The van der Waals surface area contributed by atoms with Gasteiger partial charge in [-0.25, -0.2) is 4.39 Å². The Hall–Kier alpha value is -0.930. The van der Waals surface area contributed by atoms with Crippen molar-refractivity contribution in [2.24, 2.45) is 5.73 Å². The second-order valence-corrected chi connectivity index (χ2v) is 5.83. The van der Waals surface area contributed by atoms with Gasteiger partial charge in [0.15, 0.2) is 0 Å². The Bertz CT molecular complexity index is 423. The van der Waals surface area contributed by atoms with Crippen molar-refractivity contribution in [2.45, 2.75) is 45.2 Å².